The Morgan fingerprint density at radius 1 is 0.824 bits per heavy atom. The Labute approximate surface area is 192 Å². The highest BCUT2D eigenvalue weighted by Gasteiger charge is 2.37. The van der Waals surface area contributed by atoms with E-state index in [1.54, 1.807) is 0 Å². The average molecular weight is 491 g/mol. The summed E-state index contributed by atoms with van der Waals surface area (Å²) in [5.74, 6) is 0. The molecule has 1 heterocycles. The van der Waals surface area contributed by atoms with Gasteiger partial charge in [0.05, 0.1) is 11.1 Å². The Bertz CT molecular complexity index is 1060. The minimum atomic E-state index is -5.03. The molecule has 0 spiro atoms. The lowest BCUT2D eigenvalue weighted by Crippen LogP contribution is -2.49. The van der Waals surface area contributed by atoms with E-state index in [9.17, 15) is 35.9 Å². The number of hydrogen-bond donors (Lipinski definition) is 2. The van der Waals surface area contributed by atoms with Crippen molar-refractivity contribution in [1.82, 2.24) is 4.90 Å². The third kappa shape index (κ3) is 5.92. The first-order valence-electron chi connectivity index (χ1n) is 11.0. The van der Waals surface area contributed by atoms with E-state index in [1.165, 1.54) is 0 Å². The van der Waals surface area contributed by atoms with Crippen molar-refractivity contribution >= 4 is 17.1 Å². The van der Waals surface area contributed by atoms with Crippen LogP contribution >= 0.6 is 0 Å². The number of piperidine rings is 1. The van der Waals surface area contributed by atoms with Gasteiger partial charge in [-0.3, -0.25) is 9.59 Å². The predicted molar refractivity (Wildman–Crippen MR) is 118 cm³/mol. The molecular formula is C23H27F6N3O2. The molecule has 188 valence electrons. The average Bonchev–Trinajstić information content (AvgIpc) is 2.73. The van der Waals surface area contributed by atoms with Crippen molar-refractivity contribution in [1.29, 1.82) is 0 Å². The van der Waals surface area contributed by atoms with Crippen molar-refractivity contribution < 1.29 is 26.3 Å². The normalized spacial score (nSPS) is 17.1. The molecule has 2 aromatic rings. The first-order valence-corrected chi connectivity index (χ1v) is 11.0. The molecule has 34 heavy (non-hydrogen) atoms. The number of halogens is 6. The van der Waals surface area contributed by atoms with Gasteiger partial charge in [0.2, 0.25) is 0 Å². The molecule has 2 N–H and O–H groups in total. The van der Waals surface area contributed by atoms with Crippen LogP contribution in [-0.2, 0) is 12.4 Å². The number of nitrogens with one attached hydrogen (secondary N) is 2. The maximum atomic E-state index is 13.2. The Morgan fingerprint density at radius 2 is 1.32 bits per heavy atom. The molecule has 0 saturated carbocycles. The topological polar surface area (TPSA) is 61.4 Å². The van der Waals surface area contributed by atoms with Crippen LogP contribution in [-0.4, -0.2) is 30.6 Å². The zero-order valence-corrected chi connectivity index (χ0v) is 19.1. The van der Waals surface area contributed by atoms with E-state index in [-0.39, 0.29) is 28.9 Å². The van der Waals surface area contributed by atoms with E-state index in [4.69, 9.17) is 0 Å². The van der Waals surface area contributed by atoms with Gasteiger partial charge in [0.15, 0.2) is 0 Å². The maximum Gasteiger partial charge on any atom is 0.416 e. The van der Waals surface area contributed by atoms with Crippen LogP contribution in [0.15, 0.2) is 27.8 Å². The first kappa shape index (κ1) is 26.1. The molecule has 1 fully saturated rings. The summed E-state index contributed by atoms with van der Waals surface area (Å²) in [5.41, 5.74) is -6.31. The molecule has 0 radical (unpaired) electrons. The summed E-state index contributed by atoms with van der Waals surface area (Å²) in [4.78, 5) is 26.7. The fraction of sp³-hybridized carbons (Fsp3) is 0.565. The van der Waals surface area contributed by atoms with Crippen molar-refractivity contribution in [2.24, 2.45) is 5.41 Å². The molecule has 2 aromatic carbocycles. The van der Waals surface area contributed by atoms with Crippen molar-refractivity contribution in [2.45, 2.75) is 58.4 Å². The maximum absolute atomic E-state index is 13.2. The fourth-order valence-electron chi connectivity index (χ4n) is 3.93. The van der Waals surface area contributed by atoms with Gasteiger partial charge < -0.3 is 15.5 Å². The second-order valence-electron chi connectivity index (χ2n) is 9.75. The number of likely N-dealkylation sites (tertiary alicyclic amines) is 1. The predicted octanol–water partition coefficient (Wildman–Crippen LogP) is 5.38. The summed E-state index contributed by atoms with van der Waals surface area (Å²) in [7, 11) is 0. The Kier molecular flexibility index (Phi) is 7.08. The van der Waals surface area contributed by atoms with Crippen LogP contribution < -0.4 is 21.5 Å². The molecule has 1 aliphatic heterocycles. The molecule has 0 aromatic heterocycles. The van der Waals surface area contributed by atoms with Crippen molar-refractivity contribution in [2.75, 3.05) is 30.3 Å². The number of hydrogen-bond acceptors (Lipinski definition) is 5. The summed E-state index contributed by atoms with van der Waals surface area (Å²) < 4.78 is 79.0. The Morgan fingerprint density at radius 3 is 1.79 bits per heavy atom. The first-order chi connectivity index (χ1) is 15.6. The lowest BCUT2D eigenvalue weighted by Gasteiger charge is -2.38. The largest absolute Gasteiger partial charge is 0.416 e. The van der Waals surface area contributed by atoms with E-state index in [0.717, 1.165) is 32.4 Å². The van der Waals surface area contributed by atoms with Gasteiger partial charge in [-0.25, -0.2) is 0 Å². The molecule has 1 aliphatic rings. The van der Waals surface area contributed by atoms with Crippen LogP contribution in [0.4, 0.5) is 43.4 Å². The van der Waals surface area contributed by atoms with Crippen molar-refractivity contribution in [3.8, 4) is 0 Å². The van der Waals surface area contributed by atoms with Gasteiger partial charge in [0, 0.05) is 18.3 Å². The van der Waals surface area contributed by atoms with Crippen LogP contribution in [0.25, 0.3) is 0 Å². The van der Waals surface area contributed by atoms with E-state index < -0.39 is 40.0 Å². The zero-order valence-electron chi connectivity index (χ0n) is 19.1. The third-order valence-electron chi connectivity index (χ3n) is 6.02. The van der Waals surface area contributed by atoms with Gasteiger partial charge in [0.25, 0.3) is 10.9 Å². The van der Waals surface area contributed by atoms with Gasteiger partial charge in [0.1, 0.15) is 11.4 Å². The lowest BCUT2D eigenvalue weighted by molar-refractivity contribution is -0.143. The molecule has 0 aliphatic carbocycles. The number of rotatable bonds is 6. The summed E-state index contributed by atoms with van der Waals surface area (Å²) in [5, 5.41) is 5.37. The number of benzene rings is 1. The molecule has 5 nitrogen and oxygen atoms in total. The second-order valence-corrected chi connectivity index (χ2v) is 9.75. The molecule has 11 heteroatoms. The van der Waals surface area contributed by atoms with Crippen LogP contribution in [0.3, 0.4) is 0 Å². The van der Waals surface area contributed by atoms with Crippen LogP contribution in [0.5, 0.6) is 0 Å². The molecule has 3 rings (SSSR count). The lowest BCUT2D eigenvalue weighted by atomic mass is 9.85. The standard InChI is InChI=1S/C23H27F6N3O2/c1-21(2,3)16(12-32-7-5-4-6-8-32)31-18-17(19(33)20(18)34)30-15-10-13(22(24,25)26)9-14(11-15)23(27,28)29/h9-11,16,30-31H,4-8,12H2,1-3H3. The van der Waals surface area contributed by atoms with Gasteiger partial charge in [-0.2, -0.15) is 26.3 Å². The molecule has 1 atom stereocenters. The van der Waals surface area contributed by atoms with Crippen LogP contribution in [0, 0.1) is 5.41 Å². The van der Waals surface area contributed by atoms with Gasteiger partial charge in [-0.05, 0) is 49.5 Å². The monoisotopic (exact) mass is 491 g/mol. The highest BCUT2D eigenvalue weighted by molar-refractivity contribution is 5.79. The van der Waals surface area contributed by atoms with Crippen molar-refractivity contribution in [3.05, 3.63) is 49.8 Å². The molecular weight excluding hydrogens is 464 g/mol. The minimum absolute atomic E-state index is 0.000717. The van der Waals surface area contributed by atoms with Gasteiger partial charge >= 0.3 is 12.4 Å². The highest BCUT2D eigenvalue weighted by atomic mass is 19.4. The Hall–Kier alpha value is -2.56. The van der Waals surface area contributed by atoms with Gasteiger partial charge in [-0.15, -0.1) is 0 Å². The fourth-order valence-corrected chi connectivity index (χ4v) is 3.93. The summed E-state index contributed by atoms with van der Waals surface area (Å²) in [6.07, 6.45) is -6.84. The third-order valence-corrected chi connectivity index (χ3v) is 6.02. The van der Waals surface area contributed by atoms with Crippen molar-refractivity contribution in [3.63, 3.8) is 0 Å². The summed E-state index contributed by atoms with van der Waals surface area (Å²) >= 11 is 0. The molecule has 1 saturated heterocycles. The quantitative estimate of drug-likeness (QED) is 0.420. The second kappa shape index (κ2) is 9.24. The number of nitrogens with zero attached hydrogens (tertiary/aromatic N) is 1. The summed E-state index contributed by atoms with van der Waals surface area (Å²) in [6.45, 7) is 8.16. The molecule has 0 bridgehead atoms. The van der Waals surface area contributed by atoms with Crippen LogP contribution in [0.2, 0.25) is 0 Å². The van der Waals surface area contributed by atoms with E-state index in [2.05, 4.69) is 15.5 Å². The van der Waals surface area contributed by atoms with Crippen LogP contribution in [0.1, 0.15) is 51.2 Å². The number of anilines is 3. The zero-order chi connectivity index (χ0) is 25.5. The molecule has 1 unspecified atom stereocenters. The minimum Gasteiger partial charge on any atom is -0.375 e. The summed E-state index contributed by atoms with van der Waals surface area (Å²) in [6, 6.07) is 0.665. The highest BCUT2D eigenvalue weighted by Crippen LogP contribution is 2.38. The van der Waals surface area contributed by atoms with E-state index in [0.29, 0.717) is 18.7 Å². The molecule has 0 amide bonds. The van der Waals surface area contributed by atoms with E-state index in [1.807, 2.05) is 20.8 Å². The number of alkyl halides is 6. The van der Waals surface area contributed by atoms with Gasteiger partial charge in [-0.1, -0.05) is 27.2 Å². The van der Waals surface area contributed by atoms with E-state index >= 15 is 0 Å². The SMILES string of the molecule is CC(C)(C)C(CN1CCCCC1)Nc1c(Nc2cc(C(F)(F)F)cc(C(F)(F)F)c2)c(=O)c1=O. The Balaban J connectivity index is 1.91. The smallest absolute Gasteiger partial charge is 0.375 e.